The maximum absolute atomic E-state index is 12.9. The van der Waals surface area contributed by atoms with Gasteiger partial charge >= 0.3 is 13.0 Å². The van der Waals surface area contributed by atoms with Gasteiger partial charge in [-0.15, -0.1) is 13.2 Å². The number of nitrogens with one attached hydrogen (secondary N) is 1. The highest BCUT2D eigenvalue weighted by atomic mass is 19.4. The van der Waals surface area contributed by atoms with E-state index in [-0.39, 0.29) is 5.56 Å². The molecule has 1 saturated carbocycles. The van der Waals surface area contributed by atoms with Crippen LogP contribution < -0.4 is 10.1 Å². The summed E-state index contributed by atoms with van der Waals surface area (Å²) in [7, 11) is 0. The Hall–Kier alpha value is -2.08. The summed E-state index contributed by atoms with van der Waals surface area (Å²) in [6, 6.07) is 2.86. The number of benzene rings is 1. The average molecular weight is 419 g/mol. The minimum Gasteiger partial charge on any atom is -0.406 e. The number of ether oxygens (including phenoxy) is 2. The third-order valence-electron chi connectivity index (χ3n) is 3.88. The van der Waals surface area contributed by atoms with Crippen LogP contribution in [0.15, 0.2) is 24.3 Å². The summed E-state index contributed by atoms with van der Waals surface area (Å²) in [6.07, 6.45) is -7.58. The molecular formula is C16H16F7NO4. The molecule has 1 atom stereocenters. The van der Waals surface area contributed by atoms with E-state index in [1.54, 1.807) is 0 Å². The van der Waals surface area contributed by atoms with Gasteiger partial charge in [-0.25, -0.2) is 8.78 Å². The normalized spacial score (nSPS) is 19.0. The van der Waals surface area contributed by atoms with Gasteiger partial charge in [0.15, 0.2) is 0 Å². The first-order chi connectivity index (χ1) is 12.8. The quantitative estimate of drug-likeness (QED) is 0.633. The van der Waals surface area contributed by atoms with Crippen LogP contribution in [0.2, 0.25) is 0 Å². The van der Waals surface area contributed by atoms with Crippen LogP contribution in [0.4, 0.5) is 30.7 Å². The van der Waals surface area contributed by atoms with E-state index in [0.29, 0.717) is 0 Å². The second-order valence-corrected chi connectivity index (χ2v) is 6.45. The van der Waals surface area contributed by atoms with Crippen LogP contribution in [0.1, 0.15) is 30.9 Å². The minimum atomic E-state index is -4.99. The molecule has 1 aromatic carbocycles. The molecule has 5 nitrogen and oxygen atoms in total. The van der Waals surface area contributed by atoms with Crippen molar-refractivity contribution in [2.24, 2.45) is 0 Å². The molecule has 12 heteroatoms. The van der Waals surface area contributed by atoms with Crippen LogP contribution in [0, 0.1) is 0 Å². The lowest BCUT2D eigenvalue weighted by atomic mass is 9.74. The zero-order chi connectivity index (χ0) is 21.2. The zero-order valence-corrected chi connectivity index (χ0v) is 14.1. The minimum absolute atomic E-state index is 0.0540. The molecule has 0 radical (unpaired) electrons. The summed E-state index contributed by atoms with van der Waals surface area (Å²) in [6.45, 7) is -4.03. The van der Waals surface area contributed by atoms with E-state index in [4.69, 9.17) is 0 Å². The van der Waals surface area contributed by atoms with Gasteiger partial charge in [-0.2, -0.15) is 8.78 Å². The predicted molar refractivity (Wildman–Crippen MR) is 79.7 cm³/mol. The third kappa shape index (κ3) is 6.82. The molecule has 0 spiro atoms. The number of halogens is 7. The smallest absolute Gasteiger partial charge is 0.406 e. The predicted octanol–water partition coefficient (Wildman–Crippen LogP) is 3.53. The molecule has 1 aliphatic rings. The maximum Gasteiger partial charge on any atom is 0.573 e. The molecule has 0 unspecified atom stereocenters. The van der Waals surface area contributed by atoms with Crippen molar-refractivity contribution in [3.63, 3.8) is 0 Å². The molecule has 28 heavy (non-hydrogen) atoms. The van der Waals surface area contributed by atoms with Gasteiger partial charge in [-0.3, -0.25) is 4.79 Å². The van der Waals surface area contributed by atoms with Gasteiger partial charge in [-0.05, 0) is 17.7 Å². The fraction of sp³-hybridized carbons (Fsp3) is 0.562. The van der Waals surface area contributed by atoms with Crippen molar-refractivity contribution in [2.45, 2.75) is 49.8 Å². The van der Waals surface area contributed by atoms with E-state index in [1.165, 1.54) is 6.07 Å². The van der Waals surface area contributed by atoms with Crippen molar-refractivity contribution < 1.29 is 50.1 Å². The molecule has 0 heterocycles. The van der Waals surface area contributed by atoms with Crippen molar-refractivity contribution in [3.05, 3.63) is 29.8 Å². The molecule has 0 saturated heterocycles. The van der Waals surface area contributed by atoms with Crippen LogP contribution in [-0.4, -0.2) is 42.1 Å². The number of carbonyl (C=O) groups excluding carboxylic acids is 1. The van der Waals surface area contributed by atoms with E-state index in [9.17, 15) is 40.6 Å². The van der Waals surface area contributed by atoms with E-state index in [2.05, 4.69) is 14.8 Å². The SMILES string of the molecule is O=C(CC1(O)CC(F)(F)C1)N[C@@H](COC(F)F)c1cccc(OC(F)(F)F)c1. The topological polar surface area (TPSA) is 67.8 Å². The fourth-order valence-electron chi connectivity index (χ4n) is 2.90. The van der Waals surface area contributed by atoms with Gasteiger partial charge in [0.1, 0.15) is 5.75 Å². The van der Waals surface area contributed by atoms with Crippen molar-refractivity contribution in [1.29, 1.82) is 0 Å². The number of hydrogen-bond donors (Lipinski definition) is 2. The van der Waals surface area contributed by atoms with Crippen molar-refractivity contribution in [1.82, 2.24) is 5.32 Å². The van der Waals surface area contributed by atoms with Crippen LogP contribution in [0.5, 0.6) is 5.75 Å². The lowest BCUT2D eigenvalue weighted by Crippen LogP contribution is -2.54. The van der Waals surface area contributed by atoms with Crippen LogP contribution in [0.25, 0.3) is 0 Å². The van der Waals surface area contributed by atoms with Gasteiger partial charge < -0.3 is 19.9 Å². The van der Waals surface area contributed by atoms with E-state index in [0.717, 1.165) is 18.2 Å². The Bertz CT molecular complexity index is 688. The Labute approximate surface area is 154 Å². The highest BCUT2D eigenvalue weighted by molar-refractivity contribution is 5.77. The van der Waals surface area contributed by atoms with Crippen molar-refractivity contribution in [3.8, 4) is 5.75 Å². The molecule has 158 valence electrons. The zero-order valence-electron chi connectivity index (χ0n) is 14.1. The Kier molecular flexibility index (Phi) is 6.44. The largest absolute Gasteiger partial charge is 0.573 e. The van der Waals surface area contributed by atoms with Gasteiger partial charge in [0.2, 0.25) is 5.91 Å². The number of carbonyl (C=O) groups is 1. The van der Waals surface area contributed by atoms with Crippen LogP contribution in [-0.2, 0) is 9.53 Å². The molecule has 0 aromatic heterocycles. The summed E-state index contributed by atoms with van der Waals surface area (Å²) < 4.78 is 95.3. The second-order valence-electron chi connectivity index (χ2n) is 6.45. The van der Waals surface area contributed by atoms with Gasteiger partial charge in [-0.1, -0.05) is 12.1 Å². The van der Waals surface area contributed by atoms with E-state index >= 15 is 0 Å². The first kappa shape index (κ1) is 22.2. The fourth-order valence-corrected chi connectivity index (χ4v) is 2.90. The number of alkyl halides is 7. The number of hydrogen-bond acceptors (Lipinski definition) is 4. The second kappa shape index (κ2) is 8.11. The number of aliphatic hydroxyl groups is 1. The summed E-state index contributed by atoms with van der Waals surface area (Å²) in [4.78, 5) is 12.0. The molecule has 2 rings (SSSR count). The van der Waals surface area contributed by atoms with Crippen molar-refractivity contribution >= 4 is 5.91 Å². The lowest BCUT2D eigenvalue weighted by molar-refractivity contribution is -0.274. The third-order valence-corrected chi connectivity index (χ3v) is 3.88. The molecule has 1 fully saturated rings. The Morgan fingerprint density at radius 1 is 1.25 bits per heavy atom. The number of amides is 1. The Morgan fingerprint density at radius 2 is 1.89 bits per heavy atom. The van der Waals surface area contributed by atoms with Gasteiger partial charge in [0, 0.05) is 12.8 Å². The Morgan fingerprint density at radius 3 is 2.43 bits per heavy atom. The summed E-state index contributed by atoms with van der Waals surface area (Å²) in [5, 5.41) is 12.0. The van der Waals surface area contributed by atoms with Crippen LogP contribution >= 0.6 is 0 Å². The summed E-state index contributed by atoms with van der Waals surface area (Å²) in [5.41, 5.74) is -2.00. The Balaban J connectivity index is 2.09. The first-order valence-corrected chi connectivity index (χ1v) is 7.92. The molecule has 0 bridgehead atoms. The highest BCUT2D eigenvalue weighted by Gasteiger charge is 2.56. The monoisotopic (exact) mass is 419 g/mol. The van der Waals surface area contributed by atoms with E-state index < -0.39 is 68.1 Å². The summed E-state index contributed by atoms with van der Waals surface area (Å²) in [5.74, 6) is -4.71. The van der Waals surface area contributed by atoms with E-state index in [1.807, 2.05) is 0 Å². The first-order valence-electron chi connectivity index (χ1n) is 7.92. The average Bonchev–Trinajstić information content (AvgIpc) is 2.47. The molecule has 1 aromatic rings. The molecular weight excluding hydrogens is 403 g/mol. The molecule has 2 N–H and O–H groups in total. The molecule has 1 amide bonds. The molecule has 0 aliphatic heterocycles. The maximum atomic E-state index is 12.9. The van der Waals surface area contributed by atoms with Gasteiger partial charge in [0.05, 0.1) is 24.7 Å². The van der Waals surface area contributed by atoms with Crippen LogP contribution in [0.3, 0.4) is 0 Å². The van der Waals surface area contributed by atoms with Gasteiger partial charge in [0.25, 0.3) is 5.92 Å². The highest BCUT2D eigenvalue weighted by Crippen LogP contribution is 2.47. The summed E-state index contributed by atoms with van der Waals surface area (Å²) >= 11 is 0. The standard InChI is InChI=1S/C16H16F7NO4/c17-13(18)27-6-11(9-2-1-3-10(4-9)28-16(21,22)23)24-12(25)5-14(26)7-15(19,20)8-14/h1-4,11,13,26H,5-8H2,(H,24,25)/t11-/m0/s1. The van der Waals surface area contributed by atoms with Crippen molar-refractivity contribution in [2.75, 3.05) is 6.61 Å². The molecule has 1 aliphatic carbocycles. The number of rotatable bonds is 8. The lowest BCUT2D eigenvalue weighted by Gasteiger charge is -2.42.